The summed E-state index contributed by atoms with van der Waals surface area (Å²) in [5, 5.41) is 0. The molecule has 8 nitrogen and oxygen atoms in total. The Labute approximate surface area is 157 Å². The molecule has 2 heterocycles. The molecule has 0 bridgehead atoms. The van der Waals surface area contributed by atoms with Gasteiger partial charge in [0, 0.05) is 6.07 Å². The Bertz CT molecular complexity index is 850. The van der Waals surface area contributed by atoms with Gasteiger partial charge < -0.3 is 9.15 Å². The van der Waals surface area contributed by atoms with E-state index in [1.807, 2.05) is 6.92 Å². The first-order chi connectivity index (χ1) is 12.5. The highest BCUT2D eigenvalue weighted by Crippen LogP contribution is 2.26. The third-order valence-corrected chi connectivity index (χ3v) is 4.12. The van der Waals surface area contributed by atoms with Crippen molar-refractivity contribution in [1.29, 1.82) is 0 Å². The Hall–Kier alpha value is -2.65. The summed E-state index contributed by atoms with van der Waals surface area (Å²) in [5.74, 6) is -0.727. The fraction of sp³-hybridized carbons (Fsp3) is 0.235. The van der Waals surface area contributed by atoms with Gasteiger partial charge in [0.05, 0.1) is 18.7 Å². The van der Waals surface area contributed by atoms with Crippen LogP contribution in [-0.2, 0) is 9.59 Å². The Balaban J connectivity index is 1.67. The highest BCUT2D eigenvalue weighted by atomic mass is 79.9. The lowest BCUT2D eigenvalue weighted by molar-refractivity contribution is -0.121. The average Bonchev–Trinajstić information content (AvgIpc) is 3.16. The summed E-state index contributed by atoms with van der Waals surface area (Å²) in [5.41, 5.74) is 5.40. The Kier molecular flexibility index (Phi) is 5.38. The molecule has 1 fully saturated rings. The molecule has 0 saturated carbocycles. The number of carbonyl (C=O) groups excluding carboxylic acids is 3. The summed E-state index contributed by atoms with van der Waals surface area (Å²) >= 11 is 3.10. The Morgan fingerprint density at radius 1 is 1.35 bits per heavy atom. The number of furan rings is 1. The van der Waals surface area contributed by atoms with Crippen LogP contribution in [0.3, 0.4) is 0 Å². The minimum atomic E-state index is -0.861. The van der Waals surface area contributed by atoms with Crippen LogP contribution in [0, 0.1) is 0 Å². The first kappa shape index (κ1) is 18.2. The molecule has 0 spiro atoms. The zero-order chi connectivity index (χ0) is 18.7. The van der Waals surface area contributed by atoms with Gasteiger partial charge in [-0.05, 0) is 47.1 Å². The number of carbonyl (C=O) groups is 3. The number of nitrogens with zero attached hydrogens (tertiary/aromatic N) is 1. The van der Waals surface area contributed by atoms with Crippen LogP contribution in [-0.4, -0.2) is 30.4 Å². The molecule has 9 heteroatoms. The number of ether oxygens (including phenoxy) is 1. The number of nitrogens with one attached hydrogen (secondary N) is 2. The van der Waals surface area contributed by atoms with Crippen molar-refractivity contribution < 1.29 is 23.5 Å². The maximum absolute atomic E-state index is 12.6. The maximum atomic E-state index is 12.6. The van der Waals surface area contributed by atoms with Crippen LogP contribution in [0.25, 0.3) is 0 Å². The lowest BCUT2D eigenvalue weighted by atomic mass is 10.2. The molecule has 2 aromatic rings. The predicted molar refractivity (Wildman–Crippen MR) is 95.5 cm³/mol. The number of anilines is 1. The molecule has 136 valence electrons. The smallest absolute Gasteiger partial charge is 0.301 e. The Morgan fingerprint density at radius 3 is 2.85 bits per heavy atom. The van der Waals surface area contributed by atoms with Gasteiger partial charge in [-0.1, -0.05) is 6.07 Å². The molecule has 26 heavy (non-hydrogen) atoms. The van der Waals surface area contributed by atoms with E-state index in [4.69, 9.17) is 9.15 Å². The number of imide groups is 1. The average molecular weight is 422 g/mol. The SMILES string of the molecule is CCOc1cccc(N2C(=O)C[C@@H](NNC(=O)c3ccc(Br)o3)C2=O)c1. The first-order valence-corrected chi connectivity index (χ1v) is 8.69. The van der Waals surface area contributed by atoms with Crippen molar-refractivity contribution in [3.8, 4) is 5.75 Å². The minimum Gasteiger partial charge on any atom is -0.494 e. The molecule has 0 unspecified atom stereocenters. The van der Waals surface area contributed by atoms with Gasteiger partial charge in [0.2, 0.25) is 5.91 Å². The zero-order valence-electron chi connectivity index (χ0n) is 13.8. The molecule has 1 aromatic heterocycles. The summed E-state index contributed by atoms with van der Waals surface area (Å²) in [6, 6.07) is 8.93. The molecular formula is C17H16BrN3O5. The zero-order valence-corrected chi connectivity index (χ0v) is 15.4. The third-order valence-electron chi connectivity index (χ3n) is 3.69. The van der Waals surface area contributed by atoms with Crippen molar-refractivity contribution in [2.24, 2.45) is 0 Å². The summed E-state index contributed by atoms with van der Waals surface area (Å²) in [4.78, 5) is 37.9. The third kappa shape index (κ3) is 3.78. The first-order valence-electron chi connectivity index (χ1n) is 7.90. The van der Waals surface area contributed by atoms with Crippen LogP contribution in [0.5, 0.6) is 5.75 Å². The fourth-order valence-corrected chi connectivity index (χ4v) is 2.85. The van der Waals surface area contributed by atoms with Crippen LogP contribution in [0.2, 0.25) is 0 Å². The van der Waals surface area contributed by atoms with E-state index in [2.05, 4.69) is 26.8 Å². The summed E-state index contributed by atoms with van der Waals surface area (Å²) < 4.78 is 10.9. The molecule has 3 amide bonds. The van der Waals surface area contributed by atoms with Crippen LogP contribution in [0.1, 0.15) is 23.9 Å². The molecule has 1 saturated heterocycles. The number of hydrazine groups is 1. The van der Waals surface area contributed by atoms with Gasteiger partial charge in [0.25, 0.3) is 5.91 Å². The van der Waals surface area contributed by atoms with E-state index in [0.717, 1.165) is 4.90 Å². The van der Waals surface area contributed by atoms with E-state index in [-0.39, 0.29) is 18.1 Å². The second-order valence-electron chi connectivity index (χ2n) is 5.46. The molecule has 1 atom stereocenters. The number of hydrogen-bond donors (Lipinski definition) is 2. The van der Waals surface area contributed by atoms with Gasteiger partial charge in [-0.15, -0.1) is 0 Å². The lowest BCUT2D eigenvalue weighted by Gasteiger charge is -2.16. The molecule has 0 radical (unpaired) electrons. The number of hydrogen-bond acceptors (Lipinski definition) is 6. The maximum Gasteiger partial charge on any atom is 0.301 e. The van der Waals surface area contributed by atoms with E-state index >= 15 is 0 Å². The molecule has 3 rings (SSSR count). The Morgan fingerprint density at radius 2 is 2.15 bits per heavy atom. The van der Waals surface area contributed by atoms with Gasteiger partial charge in [0.1, 0.15) is 11.8 Å². The van der Waals surface area contributed by atoms with E-state index in [1.165, 1.54) is 6.07 Å². The molecule has 1 aliphatic rings. The van der Waals surface area contributed by atoms with Crippen LogP contribution in [0.15, 0.2) is 45.5 Å². The molecule has 1 aromatic carbocycles. The lowest BCUT2D eigenvalue weighted by Crippen LogP contribution is -2.48. The largest absolute Gasteiger partial charge is 0.494 e. The topological polar surface area (TPSA) is 101 Å². The van der Waals surface area contributed by atoms with Crippen molar-refractivity contribution in [3.05, 3.63) is 46.8 Å². The second-order valence-corrected chi connectivity index (χ2v) is 6.24. The van der Waals surface area contributed by atoms with Crippen LogP contribution >= 0.6 is 15.9 Å². The molecule has 1 aliphatic heterocycles. The van der Waals surface area contributed by atoms with Gasteiger partial charge >= 0.3 is 5.91 Å². The number of benzene rings is 1. The van der Waals surface area contributed by atoms with Crippen molar-refractivity contribution in [2.75, 3.05) is 11.5 Å². The van der Waals surface area contributed by atoms with E-state index in [0.29, 0.717) is 22.7 Å². The van der Waals surface area contributed by atoms with Crippen LogP contribution in [0.4, 0.5) is 5.69 Å². The van der Waals surface area contributed by atoms with Crippen molar-refractivity contribution >= 4 is 39.3 Å². The molecule has 0 aliphatic carbocycles. The molecule has 2 N–H and O–H groups in total. The number of rotatable bonds is 6. The highest BCUT2D eigenvalue weighted by Gasteiger charge is 2.40. The predicted octanol–water partition coefficient (Wildman–Crippen LogP) is 2.01. The fourth-order valence-electron chi connectivity index (χ4n) is 2.55. The standard InChI is InChI=1S/C17H16BrN3O5/c1-2-25-11-5-3-4-10(8-11)21-15(22)9-12(17(21)24)19-20-16(23)13-6-7-14(18)26-13/h3-8,12,19H,2,9H2,1H3,(H,20,23)/t12-/m1/s1. The monoisotopic (exact) mass is 421 g/mol. The number of amides is 3. The number of halogens is 1. The summed E-state index contributed by atoms with van der Waals surface area (Å²) in [7, 11) is 0. The second kappa shape index (κ2) is 7.71. The van der Waals surface area contributed by atoms with E-state index in [1.54, 1.807) is 30.3 Å². The van der Waals surface area contributed by atoms with Gasteiger partial charge in [0.15, 0.2) is 10.4 Å². The quantitative estimate of drug-likeness (QED) is 0.546. The van der Waals surface area contributed by atoms with E-state index in [9.17, 15) is 14.4 Å². The van der Waals surface area contributed by atoms with Gasteiger partial charge in [-0.25, -0.2) is 10.3 Å². The summed E-state index contributed by atoms with van der Waals surface area (Å²) in [6.45, 7) is 2.32. The van der Waals surface area contributed by atoms with Gasteiger partial charge in [-0.2, -0.15) is 0 Å². The van der Waals surface area contributed by atoms with Crippen molar-refractivity contribution in [3.63, 3.8) is 0 Å². The minimum absolute atomic E-state index is 0.0696. The van der Waals surface area contributed by atoms with Crippen molar-refractivity contribution in [2.45, 2.75) is 19.4 Å². The summed E-state index contributed by atoms with van der Waals surface area (Å²) in [6.07, 6.45) is -0.0696. The normalized spacial score (nSPS) is 16.8. The molecular weight excluding hydrogens is 406 g/mol. The highest BCUT2D eigenvalue weighted by molar-refractivity contribution is 9.10. The van der Waals surface area contributed by atoms with Gasteiger partial charge in [-0.3, -0.25) is 19.8 Å². The van der Waals surface area contributed by atoms with Crippen molar-refractivity contribution in [1.82, 2.24) is 10.9 Å². The van der Waals surface area contributed by atoms with Crippen LogP contribution < -0.4 is 20.5 Å². The van der Waals surface area contributed by atoms with E-state index < -0.39 is 17.9 Å².